The Morgan fingerprint density at radius 2 is 1.80 bits per heavy atom. The Morgan fingerprint density at radius 3 is 2.40 bits per heavy atom. The first kappa shape index (κ1) is 9.52. The first-order chi connectivity index (χ1) is 7.38. The molecule has 0 bridgehead atoms. The van der Waals surface area contributed by atoms with Gasteiger partial charge in [0, 0.05) is 18.3 Å². The first-order valence-electron chi connectivity index (χ1n) is 4.52. The molecule has 0 atom stereocenters. The molecular formula is C12H10NO2. The van der Waals surface area contributed by atoms with Crippen LogP contribution in [0, 0.1) is 6.07 Å². The lowest BCUT2D eigenvalue weighted by atomic mass is 10.3. The van der Waals surface area contributed by atoms with E-state index in [1.807, 2.05) is 24.3 Å². The van der Waals surface area contributed by atoms with Gasteiger partial charge in [0.15, 0.2) is 0 Å². The van der Waals surface area contributed by atoms with Gasteiger partial charge in [0.25, 0.3) is 0 Å². The van der Waals surface area contributed by atoms with Gasteiger partial charge < -0.3 is 9.47 Å². The van der Waals surface area contributed by atoms with Crippen LogP contribution in [0.4, 0.5) is 0 Å². The minimum Gasteiger partial charge on any atom is -0.497 e. The minimum absolute atomic E-state index is 0.555. The minimum atomic E-state index is 0.555. The van der Waals surface area contributed by atoms with E-state index in [2.05, 4.69) is 11.1 Å². The van der Waals surface area contributed by atoms with Crippen LogP contribution in [0.3, 0.4) is 0 Å². The fourth-order valence-corrected chi connectivity index (χ4v) is 1.13. The smallest absolute Gasteiger partial charge is 0.219 e. The van der Waals surface area contributed by atoms with Crippen molar-refractivity contribution in [1.29, 1.82) is 0 Å². The maximum absolute atomic E-state index is 5.49. The molecule has 0 aliphatic carbocycles. The lowest BCUT2D eigenvalue weighted by molar-refractivity contribution is 0.412. The van der Waals surface area contributed by atoms with E-state index in [-0.39, 0.29) is 0 Å². The zero-order chi connectivity index (χ0) is 10.5. The Morgan fingerprint density at radius 1 is 1.07 bits per heavy atom. The SMILES string of the molecule is COc1ccc(Oc2cc[c]cn2)cc1. The Balaban J connectivity index is 2.11. The average molecular weight is 200 g/mol. The third kappa shape index (κ3) is 2.47. The lowest BCUT2D eigenvalue weighted by Gasteiger charge is -2.04. The topological polar surface area (TPSA) is 31.4 Å². The predicted molar refractivity (Wildman–Crippen MR) is 56.1 cm³/mol. The molecule has 1 aromatic heterocycles. The summed E-state index contributed by atoms with van der Waals surface area (Å²) in [6, 6.07) is 13.7. The van der Waals surface area contributed by atoms with E-state index < -0.39 is 0 Å². The van der Waals surface area contributed by atoms with Gasteiger partial charge in [0.1, 0.15) is 11.5 Å². The highest BCUT2D eigenvalue weighted by Gasteiger charge is 1.97. The number of nitrogens with zero attached hydrogens (tertiary/aromatic N) is 1. The van der Waals surface area contributed by atoms with Crippen molar-refractivity contribution in [2.75, 3.05) is 7.11 Å². The number of pyridine rings is 1. The average Bonchev–Trinajstić information content (AvgIpc) is 2.31. The van der Waals surface area contributed by atoms with Crippen LogP contribution < -0.4 is 9.47 Å². The number of hydrogen-bond acceptors (Lipinski definition) is 3. The molecule has 0 N–H and O–H groups in total. The zero-order valence-electron chi connectivity index (χ0n) is 8.31. The van der Waals surface area contributed by atoms with Crippen molar-refractivity contribution < 1.29 is 9.47 Å². The van der Waals surface area contributed by atoms with Crippen LogP contribution in [0.2, 0.25) is 0 Å². The Labute approximate surface area is 88.3 Å². The Kier molecular flexibility index (Phi) is 2.83. The van der Waals surface area contributed by atoms with Gasteiger partial charge in [-0.2, -0.15) is 0 Å². The molecule has 0 amide bonds. The molecule has 75 valence electrons. The van der Waals surface area contributed by atoms with E-state index in [1.54, 1.807) is 25.4 Å². The van der Waals surface area contributed by atoms with Crippen LogP contribution in [0.15, 0.2) is 42.6 Å². The number of aromatic nitrogens is 1. The first-order valence-corrected chi connectivity index (χ1v) is 4.52. The van der Waals surface area contributed by atoms with Crippen LogP contribution in [0.5, 0.6) is 17.4 Å². The molecule has 15 heavy (non-hydrogen) atoms. The molecular weight excluding hydrogens is 190 g/mol. The predicted octanol–water partition coefficient (Wildman–Crippen LogP) is 2.68. The summed E-state index contributed by atoms with van der Waals surface area (Å²) < 4.78 is 10.5. The lowest BCUT2D eigenvalue weighted by Crippen LogP contribution is -1.87. The van der Waals surface area contributed by atoms with Crippen LogP contribution in [0.1, 0.15) is 0 Å². The van der Waals surface area contributed by atoms with Gasteiger partial charge in [0.2, 0.25) is 5.88 Å². The monoisotopic (exact) mass is 200 g/mol. The zero-order valence-corrected chi connectivity index (χ0v) is 8.31. The molecule has 3 nitrogen and oxygen atoms in total. The highest BCUT2D eigenvalue weighted by Crippen LogP contribution is 2.21. The van der Waals surface area contributed by atoms with E-state index in [0.29, 0.717) is 5.88 Å². The second kappa shape index (κ2) is 4.46. The van der Waals surface area contributed by atoms with Crippen molar-refractivity contribution in [1.82, 2.24) is 4.98 Å². The van der Waals surface area contributed by atoms with Crippen molar-refractivity contribution in [3.63, 3.8) is 0 Å². The normalized spacial score (nSPS) is 9.67. The molecule has 1 heterocycles. The van der Waals surface area contributed by atoms with Gasteiger partial charge in [-0.25, -0.2) is 4.98 Å². The van der Waals surface area contributed by atoms with Gasteiger partial charge >= 0.3 is 0 Å². The fourth-order valence-electron chi connectivity index (χ4n) is 1.13. The maximum Gasteiger partial charge on any atom is 0.219 e. The summed E-state index contributed by atoms with van der Waals surface area (Å²) in [5.74, 6) is 2.09. The molecule has 2 rings (SSSR count). The third-order valence-electron chi connectivity index (χ3n) is 1.87. The number of benzene rings is 1. The van der Waals surface area contributed by atoms with Crippen molar-refractivity contribution >= 4 is 0 Å². The maximum atomic E-state index is 5.49. The summed E-state index contributed by atoms with van der Waals surface area (Å²) in [5, 5.41) is 0. The number of hydrogen-bond donors (Lipinski definition) is 0. The van der Waals surface area contributed by atoms with Gasteiger partial charge in [-0.05, 0) is 30.3 Å². The Hall–Kier alpha value is -2.03. The fraction of sp³-hybridized carbons (Fsp3) is 0.0833. The molecule has 3 heteroatoms. The third-order valence-corrected chi connectivity index (χ3v) is 1.87. The molecule has 0 fully saturated rings. The van der Waals surface area contributed by atoms with Gasteiger partial charge in [-0.3, -0.25) is 0 Å². The van der Waals surface area contributed by atoms with Crippen molar-refractivity contribution in [2.45, 2.75) is 0 Å². The highest BCUT2D eigenvalue weighted by atomic mass is 16.5. The summed E-state index contributed by atoms with van der Waals surface area (Å²) >= 11 is 0. The summed E-state index contributed by atoms with van der Waals surface area (Å²) in [7, 11) is 1.63. The van der Waals surface area contributed by atoms with Gasteiger partial charge in [0.05, 0.1) is 7.11 Å². The van der Waals surface area contributed by atoms with Crippen LogP contribution >= 0.6 is 0 Å². The summed E-state index contributed by atoms with van der Waals surface area (Å²) in [5.41, 5.74) is 0. The molecule has 0 saturated carbocycles. The van der Waals surface area contributed by atoms with Crippen LogP contribution in [0.25, 0.3) is 0 Å². The van der Waals surface area contributed by atoms with Gasteiger partial charge in [-0.1, -0.05) is 0 Å². The second-order valence-electron chi connectivity index (χ2n) is 2.87. The highest BCUT2D eigenvalue weighted by molar-refractivity contribution is 5.33. The van der Waals surface area contributed by atoms with E-state index in [0.717, 1.165) is 11.5 Å². The second-order valence-corrected chi connectivity index (χ2v) is 2.87. The van der Waals surface area contributed by atoms with Crippen molar-refractivity contribution in [3.05, 3.63) is 48.7 Å². The number of ether oxygens (including phenoxy) is 2. The molecule has 0 spiro atoms. The molecule has 0 aliphatic heterocycles. The van der Waals surface area contributed by atoms with Crippen LogP contribution in [-0.2, 0) is 0 Å². The Bertz CT molecular complexity index is 411. The number of rotatable bonds is 3. The molecule has 0 saturated heterocycles. The molecule has 1 radical (unpaired) electrons. The molecule has 1 aromatic carbocycles. The van der Waals surface area contributed by atoms with E-state index in [9.17, 15) is 0 Å². The van der Waals surface area contributed by atoms with E-state index in [4.69, 9.17) is 9.47 Å². The standard InChI is InChI=1S/C12H10NO2/c1-14-10-5-7-11(8-6-10)15-12-4-2-3-9-13-12/h2,4-9H,1H3. The summed E-state index contributed by atoms with van der Waals surface area (Å²) in [4.78, 5) is 4.01. The molecule has 0 aliphatic rings. The molecule has 2 aromatic rings. The van der Waals surface area contributed by atoms with E-state index >= 15 is 0 Å². The van der Waals surface area contributed by atoms with Crippen molar-refractivity contribution in [2.24, 2.45) is 0 Å². The van der Waals surface area contributed by atoms with Gasteiger partial charge in [-0.15, -0.1) is 0 Å². The quantitative estimate of drug-likeness (QED) is 0.763. The van der Waals surface area contributed by atoms with Crippen molar-refractivity contribution in [3.8, 4) is 17.4 Å². The largest absolute Gasteiger partial charge is 0.497 e. The summed E-state index contributed by atoms with van der Waals surface area (Å²) in [6.45, 7) is 0. The summed E-state index contributed by atoms with van der Waals surface area (Å²) in [6.07, 6.45) is 1.57. The van der Waals surface area contributed by atoms with E-state index in [1.165, 1.54) is 0 Å². The van der Waals surface area contributed by atoms with Crippen LogP contribution in [-0.4, -0.2) is 12.1 Å². The molecule has 0 unspecified atom stereocenters. The number of methoxy groups -OCH3 is 1.